The van der Waals surface area contributed by atoms with Crippen LogP contribution in [-0.4, -0.2) is 80.7 Å². The van der Waals surface area contributed by atoms with Crippen LogP contribution in [-0.2, 0) is 0 Å². The second-order valence-electron chi connectivity index (χ2n) is 31.1. The van der Waals surface area contributed by atoms with Crippen LogP contribution in [0.5, 0.6) is 0 Å². The maximum Gasteiger partial charge on any atom is 0.176 e. The summed E-state index contributed by atoms with van der Waals surface area (Å²) in [5.41, 5.74) is 9.95. The van der Waals surface area contributed by atoms with Gasteiger partial charge in [-0.2, -0.15) is 0 Å². The predicted octanol–water partition coefficient (Wildman–Crippen LogP) is 10.8. The first-order valence-corrected chi connectivity index (χ1v) is 59.9. The Kier molecular flexibility index (Phi) is 15.9. The topological polar surface area (TPSA) is 0 Å². The van der Waals surface area contributed by atoms with E-state index >= 15 is 0 Å². The Morgan fingerprint density at radius 2 is 0.463 bits per heavy atom. The van der Waals surface area contributed by atoms with Crippen LogP contribution in [0.2, 0.25) is 177 Å². The highest BCUT2D eigenvalue weighted by Crippen LogP contribution is 2.42. The maximum absolute atomic E-state index is 3.28. The highest BCUT2D eigenvalue weighted by Gasteiger charge is 2.56. The predicted molar refractivity (Wildman–Crippen MR) is 345 cm³/mol. The molecule has 0 fully saturated rings. The molecule has 1 aliphatic carbocycles. The van der Waals surface area contributed by atoms with Crippen molar-refractivity contribution in [1.82, 2.24) is 0 Å². The standard InChI is InChI=1S/C57H106Si10/c1-38-39(2)41(4)51(40(38)3)67(48-35-45(58(8,9)10)52(61(17,18)19)42(5)55(48)64(26,27)28,49-36-46(59(11,12)13)53(62(20,21)22)43(6)56(49)65(29,30)31)50-37-47(60(14,15)16)54(63(23,24)25)44(7)57(50)66(32,33)34/h35-37,40H,1-34H3. The molecule has 0 bridgehead atoms. The van der Waals surface area contributed by atoms with Gasteiger partial charge in [0.05, 0.1) is 72.7 Å². The lowest BCUT2D eigenvalue weighted by Crippen LogP contribution is -2.85. The molecule has 0 amide bonds. The van der Waals surface area contributed by atoms with Gasteiger partial charge in [-0.1, -0.05) is 282 Å². The van der Waals surface area contributed by atoms with Crippen molar-refractivity contribution in [1.29, 1.82) is 0 Å². The van der Waals surface area contributed by atoms with Crippen LogP contribution >= 0.6 is 0 Å². The summed E-state index contributed by atoms with van der Waals surface area (Å²) in [6.45, 7) is 91.3. The van der Waals surface area contributed by atoms with Gasteiger partial charge in [0.15, 0.2) is 8.07 Å². The van der Waals surface area contributed by atoms with Crippen molar-refractivity contribution in [3.05, 3.63) is 56.8 Å². The van der Waals surface area contributed by atoms with Crippen LogP contribution in [0.15, 0.2) is 40.1 Å². The van der Waals surface area contributed by atoms with Gasteiger partial charge in [-0.3, -0.25) is 0 Å². The first kappa shape index (κ1) is 58.9. The molecule has 1 unspecified atom stereocenters. The zero-order valence-electron chi connectivity index (χ0n) is 50.8. The van der Waals surface area contributed by atoms with E-state index in [-0.39, 0.29) is 0 Å². The molecule has 0 nitrogen and oxygen atoms in total. The number of rotatable bonds is 13. The lowest BCUT2D eigenvalue weighted by Gasteiger charge is -2.49. The first-order chi connectivity index (χ1) is 29.4. The molecule has 10 heteroatoms. The normalized spacial score (nSPS) is 16.8. The summed E-state index contributed by atoms with van der Waals surface area (Å²) in [5, 5.41) is 23.7. The second-order valence-corrected chi connectivity index (χ2v) is 79.9. The fraction of sp³-hybridized carbons (Fsp3) is 0.614. The van der Waals surface area contributed by atoms with Gasteiger partial charge in [-0.25, -0.2) is 0 Å². The summed E-state index contributed by atoms with van der Waals surface area (Å²) in [6.07, 6.45) is 0. The first-order valence-electron chi connectivity index (χ1n) is 26.4. The van der Waals surface area contributed by atoms with Crippen molar-refractivity contribution in [2.75, 3.05) is 0 Å². The monoisotopic (exact) mass is 1070 g/mol. The number of hydrogen-bond acceptors (Lipinski definition) is 0. The van der Waals surface area contributed by atoms with E-state index in [2.05, 4.69) is 243 Å². The van der Waals surface area contributed by atoms with Crippen molar-refractivity contribution < 1.29 is 0 Å². The molecule has 4 rings (SSSR count). The molecule has 0 saturated heterocycles. The number of allylic oxidation sites excluding steroid dienone is 4. The molecule has 0 heterocycles. The van der Waals surface area contributed by atoms with E-state index in [1.54, 1.807) is 49.0 Å². The Morgan fingerprint density at radius 1 is 0.269 bits per heavy atom. The smallest absolute Gasteiger partial charge is 0.0656 e. The van der Waals surface area contributed by atoms with E-state index in [1.807, 2.05) is 51.9 Å². The molecule has 0 spiro atoms. The third kappa shape index (κ3) is 10.6. The summed E-state index contributed by atoms with van der Waals surface area (Å²) in [7, 11) is -20.6. The molecule has 67 heavy (non-hydrogen) atoms. The molecule has 3 aromatic carbocycles. The van der Waals surface area contributed by atoms with Crippen LogP contribution in [0.4, 0.5) is 0 Å². The molecule has 0 aliphatic heterocycles. The van der Waals surface area contributed by atoms with Crippen molar-refractivity contribution in [3.8, 4) is 0 Å². The van der Waals surface area contributed by atoms with Gasteiger partial charge in [-0.15, -0.1) is 0 Å². The maximum atomic E-state index is 3.08. The molecule has 3 aromatic rings. The van der Waals surface area contributed by atoms with Gasteiger partial charge >= 0.3 is 0 Å². The molecule has 0 aromatic heterocycles. The van der Waals surface area contributed by atoms with Gasteiger partial charge in [0, 0.05) is 0 Å². The third-order valence-electron chi connectivity index (χ3n) is 15.9. The van der Waals surface area contributed by atoms with E-state index in [1.165, 1.54) is 0 Å². The lowest BCUT2D eigenvalue weighted by atomic mass is 10.1. The molecular weight excluding hydrogens is 965 g/mol. The number of hydrogen-bond donors (Lipinski definition) is 0. The highest BCUT2D eigenvalue weighted by atomic mass is 28.3. The van der Waals surface area contributed by atoms with E-state index in [0.29, 0.717) is 5.92 Å². The minimum Gasteiger partial charge on any atom is -0.0656 e. The Hall–Kier alpha value is -0.691. The fourth-order valence-electron chi connectivity index (χ4n) is 13.8. The van der Waals surface area contributed by atoms with Crippen LogP contribution in [0.25, 0.3) is 0 Å². The Morgan fingerprint density at radius 3 is 0.612 bits per heavy atom. The zero-order chi connectivity index (χ0) is 52.7. The summed E-state index contributed by atoms with van der Waals surface area (Å²) in [5.74, 6) is 0.372. The molecule has 1 atom stereocenters. The van der Waals surface area contributed by atoms with Gasteiger partial charge in [0.2, 0.25) is 0 Å². The molecule has 374 valence electrons. The van der Waals surface area contributed by atoms with Crippen LogP contribution < -0.4 is 62.2 Å². The second kappa shape index (κ2) is 18.1. The molecule has 0 saturated carbocycles. The van der Waals surface area contributed by atoms with Crippen molar-refractivity contribution in [3.63, 3.8) is 0 Å². The molecule has 1 aliphatic rings. The van der Waals surface area contributed by atoms with Crippen molar-refractivity contribution in [2.24, 2.45) is 5.92 Å². The van der Waals surface area contributed by atoms with Crippen LogP contribution in [0.1, 0.15) is 44.4 Å². The van der Waals surface area contributed by atoms with E-state index in [9.17, 15) is 0 Å². The molecule has 0 radical (unpaired) electrons. The third-order valence-corrected chi connectivity index (χ3v) is 41.5. The SMILES string of the molecule is CC1=C(C)C(C)C([Si](c2cc([Si](C)(C)C)c([Si](C)(C)C)c(C)c2[Si](C)(C)C)(c2cc([Si](C)(C)C)c([Si](C)(C)C)c(C)c2[Si](C)(C)C)c2cc([Si](C)(C)C)c([Si](C)(C)C)c(C)c2[Si](C)(C)C)=C1C. The average Bonchev–Trinajstić information content (AvgIpc) is 3.25. The summed E-state index contributed by atoms with van der Waals surface area (Å²) in [6, 6.07) is 9.24. The summed E-state index contributed by atoms with van der Waals surface area (Å²) < 4.78 is 0. The highest BCUT2D eigenvalue weighted by molar-refractivity contribution is 7.23. The summed E-state index contributed by atoms with van der Waals surface area (Å²) in [4.78, 5) is 0. The Balaban J connectivity index is 2.97. The van der Waals surface area contributed by atoms with Gasteiger partial charge in [0.25, 0.3) is 0 Å². The average molecular weight is 1070 g/mol. The molecular formula is C57H106Si10. The van der Waals surface area contributed by atoms with E-state index in [4.69, 9.17) is 0 Å². The van der Waals surface area contributed by atoms with Gasteiger partial charge in [0.1, 0.15) is 0 Å². The van der Waals surface area contributed by atoms with Gasteiger partial charge in [-0.05, 0) is 68.6 Å². The molecule has 0 N–H and O–H groups in total. The lowest BCUT2D eigenvalue weighted by molar-refractivity contribution is 0.852. The largest absolute Gasteiger partial charge is 0.176 e. The minimum atomic E-state index is -3.28. The number of benzene rings is 3. The fourth-order valence-corrected chi connectivity index (χ4v) is 49.8. The van der Waals surface area contributed by atoms with Gasteiger partial charge < -0.3 is 0 Å². The van der Waals surface area contributed by atoms with Crippen molar-refractivity contribution in [2.45, 2.75) is 225 Å². The van der Waals surface area contributed by atoms with Crippen molar-refractivity contribution >= 4 is 143 Å². The Labute approximate surface area is 427 Å². The summed E-state index contributed by atoms with van der Waals surface area (Å²) >= 11 is 0. The minimum absolute atomic E-state index is 0.372. The van der Waals surface area contributed by atoms with E-state index < -0.39 is 80.7 Å². The zero-order valence-corrected chi connectivity index (χ0v) is 60.8. The van der Waals surface area contributed by atoms with Crippen LogP contribution in [0.3, 0.4) is 0 Å². The Bertz CT molecular complexity index is 2280. The van der Waals surface area contributed by atoms with E-state index in [0.717, 1.165) is 0 Å². The van der Waals surface area contributed by atoms with Crippen LogP contribution in [0, 0.1) is 26.7 Å². The quantitative estimate of drug-likeness (QED) is 0.118.